The zero-order valence-electron chi connectivity index (χ0n) is 14.1. The summed E-state index contributed by atoms with van der Waals surface area (Å²) in [4.78, 5) is 12.6. The molecule has 0 aliphatic rings. The van der Waals surface area contributed by atoms with Crippen molar-refractivity contribution in [3.05, 3.63) is 65.7 Å². The van der Waals surface area contributed by atoms with Crippen LogP contribution < -0.4 is 5.32 Å². The smallest absolute Gasteiger partial charge is 0.210 e. The van der Waals surface area contributed by atoms with Gasteiger partial charge in [-0.3, -0.25) is 4.79 Å². The Morgan fingerprint density at radius 1 is 1.12 bits per heavy atom. The highest BCUT2D eigenvalue weighted by atomic mass is 32.2. The van der Waals surface area contributed by atoms with Gasteiger partial charge in [-0.25, -0.2) is 0 Å². The highest BCUT2D eigenvalue weighted by molar-refractivity contribution is 8.02. The predicted octanol–water partition coefficient (Wildman–Crippen LogP) is 5.21. The molecule has 25 heavy (non-hydrogen) atoms. The number of ketones is 1. The summed E-state index contributed by atoms with van der Waals surface area (Å²) in [5.41, 5.74) is 2.94. The summed E-state index contributed by atoms with van der Waals surface area (Å²) >= 11 is 2.90. The normalized spacial score (nSPS) is 11.9. The van der Waals surface area contributed by atoms with E-state index in [1.54, 1.807) is 0 Å². The summed E-state index contributed by atoms with van der Waals surface area (Å²) in [6.45, 7) is 4.01. The highest BCUT2D eigenvalue weighted by Crippen LogP contribution is 2.31. The quantitative estimate of drug-likeness (QED) is 0.458. The first kappa shape index (κ1) is 17.6. The van der Waals surface area contributed by atoms with Crippen molar-refractivity contribution < 1.29 is 4.79 Å². The van der Waals surface area contributed by atoms with Crippen molar-refractivity contribution >= 4 is 39.7 Å². The van der Waals surface area contributed by atoms with Gasteiger partial charge in [0.25, 0.3) is 0 Å². The van der Waals surface area contributed by atoms with Crippen molar-refractivity contribution in [1.82, 2.24) is 10.2 Å². The van der Waals surface area contributed by atoms with Crippen LogP contribution in [-0.2, 0) is 6.42 Å². The fraction of sp³-hybridized carbons (Fsp3) is 0.211. The molecule has 0 fully saturated rings. The summed E-state index contributed by atoms with van der Waals surface area (Å²) in [5.74, 6) is 0.112. The monoisotopic (exact) mass is 369 g/mol. The van der Waals surface area contributed by atoms with Crippen molar-refractivity contribution in [2.24, 2.45) is 0 Å². The van der Waals surface area contributed by atoms with E-state index in [-0.39, 0.29) is 11.0 Å². The summed E-state index contributed by atoms with van der Waals surface area (Å²) < 4.78 is 0.782. The third-order valence-corrected chi connectivity index (χ3v) is 5.75. The van der Waals surface area contributed by atoms with Gasteiger partial charge >= 0.3 is 0 Å². The molecule has 0 aliphatic heterocycles. The zero-order valence-corrected chi connectivity index (χ0v) is 15.7. The molecular weight excluding hydrogens is 350 g/mol. The van der Waals surface area contributed by atoms with Crippen LogP contribution >= 0.6 is 23.1 Å². The van der Waals surface area contributed by atoms with E-state index in [1.165, 1.54) is 28.7 Å². The molecule has 0 aliphatic carbocycles. The second-order valence-electron chi connectivity index (χ2n) is 5.54. The van der Waals surface area contributed by atoms with Gasteiger partial charge < -0.3 is 5.32 Å². The first-order chi connectivity index (χ1) is 12.2. The van der Waals surface area contributed by atoms with Crippen LogP contribution in [0, 0.1) is 0 Å². The molecule has 0 radical (unpaired) electrons. The van der Waals surface area contributed by atoms with Gasteiger partial charge in [-0.1, -0.05) is 72.5 Å². The average Bonchev–Trinajstić information content (AvgIpc) is 3.08. The number of rotatable bonds is 7. The SMILES string of the molecule is CCc1ccc(C(=O)C(C)Sc2nnc(Nc3ccccc3)s2)cc1. The molecule has 3 aromatic rings. The largest absolute Gasteiger partial charge is 0.330 e. The van der Waals surface area contributed by atoms with Crippen LogP contribution in [0.2, 0.25) is 0 Å². The number of hydrogen-bond acceptors (Lipinski definition) is 6. The molecular formula is C19H19N3OS2. The molecule has 128 valence electrons. The molecule has 0 spiro atoms. The number of carbonyl (C=O) groups is 1. The minimum absolute atomic E-state index is 0.112. The molecule has 0 bridgehead atoms. The van der Waals surface area contributed by atoms with Gasteiger partial charge in [0.2, 0.25) is 5.13 Å². The van der Waals surface area contributed by atoms with Gasteiger partial charge in [0.1, 0.15) is 0 Å². The van der Waals surface area contributed by atoms with Crippen LogP contribution in [-0.4, -0.2) is 21.2 Å². The van der Waals surface area contributed by atoms with Crippen molar-refractivity contribution in [3.63, 3.8) is 0 Å². The number of carbonyl (C=O) groups excluding carboxylic acids is 1. The van der Waals surface area contributed by atoms with E-state index in [1.807, 2.05) is 61.5 Å². The van der Waals surface area contributed by atoms with Crippen molar-refractivity contribution in [1.29, 1.82) is 0 Å². The summed E-state index contributed by atoms with van der Waals surface area (Å²) in [6, 6.07) is 17.7. The third-order valence-electron chi connectivity index (χ3n) is 3.73. The maximum absolute atomic E-state index is 12.6. The third kappa shape index (κ3) is 4.67. The molecule has 1 atom stereocenters. The van der Waals surface area contributed by atoms with E-state index in [9.17, 15) is 4.79 Å². The van der Waals surface area contributed by atoms with E-state index < -0.39 is 0 Å². The Balaban J connectivity index is 1.62. The van der Waals surface area contributed by atoms with Crippen molar-refractivity contribution in [2.45, 2.75) is 29.9 Å². The lowest BCUT2D eigenvalue weighted by atomic mass is 10.1. The molecule has 6 heteroatoms. The second kappa shape index (κ2) is 8.27. The number of anilines is 2. The minimum atomic E-state index is -0.204. The maximum Gasteiger partial charge on any atom is 0.210 e. The fourth-order valence-corrected chi connectivity index (χ4v) is 4.29. The Morgan fingerprint density at radius 2 is 1.84 bits per heavy atom. The number of nitrogens with zero attached hydrogens (tertiary/aromatic N) is 2. The molecule has 1 N–H and O–H groups in total. The molecule has 0 saturated heterocycles. The molecule has 0 saturated carbocycles. The lowest BCUT2D eigenvalue weighted by Gasteiger charge is -2.08. The van der Waals surface area contributed by atoms with Crippen LogP contribution in [0.1, 0.15) is 29.8 Å². The number of thioether (sulfide) groups is 1. The van der Waals surface area contributed by atoms with Gasteiger partial charge in [-0.15, -0.1) is 10.2 Å². The Kier molecular flexibility index (Phi) is 5.83. The van der Waals surface area contributed by atoms with Crippen molar-refractivity contribution in [3.8, 4) is 0 Å². The standard InChI is InChI=1S/C19H19N3OS2/c1-3-14-9-11-15(12-10-14)17(23)13(2)24-19-22-21-18(25-19)20-16-7-5-4-6-8-16/h4-13H,3H2,1-2H3,(H,20,21). The number of nitrogens with one attached hydrogen (secondary N) is 1. The van der Waals surface area contributed by atoms with E-state index in [0.717, 1.165) is 27.1 Å². The maximum atomic E-state index is 12.6. The Morgan fingerprint density at radius 3 is 2.52 bits per heavy atom. The van der Waals surface area contributed by atoms with Crippen molar-refractivity contribution in [2.75, 3.05) is 5.32 Å². The Labute approximate surface area is 155 Å². The molecule has 3 rings (SSSR count). The first-order valence-electron chi connectivity index (χ1n) is 8.11. The summed E-state index contributed by atoms with van der Waals surface area (Å²) in [6.07, 6.45) is 0.973. The number of hydrogen-bond donors (Lipinski definition) is 1. The van der Waals surface area contributed by atoms with E-state index in [2.05, 4.69) is 22.4 Å². The average molecular weight is 370 g/mol. The Hall–Kier alpha value is -2.18. The topological polar surface area (TPSA) is 54.9 Å². The van der Waals surface area contributed by atoms with Crippen LogP contribution in [0.15, 0.2) is 58.9 Å². The van der Waals surface area contributed by atoms with E-state index >= 15 is 0 Å². The van der Waals surface area contributed by atoms with Crippen LogP contribution in [0.25, 0.3) is 0 Å². The lowest BCUT2D eigenvalue weighted by Crippen LogP contribution is -2.13. The number of benzene rings is 2. The van der Waals surface area contributed by atoms with E-state index in [0.29, 0.717) is 0 Å². The zero-order chi connectivity index (χ0) is 17.6. The highest BCUT2D eigenvalue weighted by Gasteiger charge is 2.18. The molecule has 4 nitrogen and oxygen atoms in total. The fourth-order valence-electron chi connectivity index (χ4n) is 2.30. The Bertz CT molecular complexity index is 831. The molecule has 2 aromatic carbocycles. The number of aromatic nitrogens is 2. The minimum Gasteiger partial charge on any atom is -0.330 e. The summed E-state index contributed by atoms with van der Waals surface area (Å²) in [7, 11) is 0. The second-order valence-corrected chi connectivity index (χ2v) is 8.10. The first-order valence-corrected chi connectivity index (χ1v) is 9.80. The van der Waals surface area contributed by atoms with Crippen LogP contribution in [0.4, 0.5) is 10.8 Å². The van der Waals surface area contributed by atoms with Crippen LogP contribution in [0.3, 0.4) is 0 Å². The number of aryl methyl sites for hydroxylation is 1. The lowest BCUT2D eigenvalue weighted by molar-refractivity contribution is 0.0994. The van der Waals surface area contributed by atoms with Gasteiger partial charge in [0.05, 0.1) is 5.25 Å². The molecule has 1 aromatic heterocycles. The summed E-state index contributed by atoms with van der Waals surface area (Å²) in [5, 5.41) is 12.1. The van der Waals surface area contributed by atoms with Crippen LogP contribution in [0.5, 0.6) is 0 Å². The number of Topliss-reactive ketones (excluding diaryl/α,β-unsaturated/α-hetero) is 1. The predicted molar refractivity (Wildman–Crippen MR) is 105 cm³/mol. The van der Waals surface area contributed by atoms with E-state index in [4.69, 9.17) is 0 Å². The van der Waals surface area contributed by atoms with Gasteiger partial charge in [-0.05, 0) is 31.0 Å². The van der Waals surface area contributed by atoms with Gasteiger partial charge in [-0.2, -0.15) is 0 Å². The molecule has 1 unspecified atom stereocenters. The number of para-hydroxylation sites is 1. The molecule has 0 amide bonds. The van der Waals surface area contributed by atoms with Gasteiger partial charge in [0.15, 0.2) is 10.1 Å². The van der Waals surface area contributed by atoms with Gasteiger partial charge in [0, 0.05) is 11.3 Å². The molecule has 1 heterocycles.